The third-order valence-corrected chi connectivity index (χ3v) is 3.42. The number of carbonyl (C=O) groups excluding carboxylic acids is 1. The molecule has 1 unspecified atom stereocenters. The molecule has 2 rings (SSSR count). The fourth-order valence-corrected chi connectivity index (χ4v) is 2.25. The van der Waals surface area contributed by atoms with Gasteiger partial charge in [-0.1, -0.05) is 6.07 Å². The maximum absolute atomic E-state index is 10.9. The predicted octanol–water partition coefficient (Wildman–Crippen LogP) is -5.54. The van der Waals surface area contributed by atoms with E-state index in [-0.39, 0.29) is 64.9 Å². The molecular formula is C10H9Na2O5P. The van der Waals surface area contributed by atoms with Crippen molar-refractivity contribution in [2.45, 2.75) is 19.3 Å². The zero-order valence-corrected chi connectivity index (χ0v) is 15.2. The van der Waals surface area contributed by atoms with Crippen molar-refractivity contribution in [2.24, 2.45) is 0 Å². The summed E-state index contributed by atoms with van der Waals surface area (Å²) in [7, 11) is -4.96. The second kappa shape index (κ2) is 7.46. The van der Waals surface area contributed by atoms with Crippen LogP contribution in [0.4, 0.5) is 4.79 Å². The summed E-state index contributed by atoms with van der Waals surface area (Å²) in [5.74, 6) is 0.0307. The smallest absolute Gasteiger partial charge is 0.765 e. The van der Waals surface area contributed by atoms with Gasteiger partial charge in [-0.15, -0.1) is 0 Å². The molecule has 0 heterocycles. The van der Waals surface area contributed by atoms with E-state index in [0.29, 0.717) is 0 Å². The second-order valence-electron chi connectivity index (χ2n) is 3.64. The Bertz CT molecular complexity index is 491. The molecule has 0 amide bonds. The van der Waals surface area contributed by atoms with Crippen LogP contribution in [0.2, 0.25) is 0 Å². The van der Waals surface area contributed by atoms with E-state index in [1.807, 2.05) is 0 Å². The van der Waals surface area contributed by atoms with Gasteiger partial charge in [0.1, 0.15) is 11.5 Å². The van der Waals surface area contributed by atoms with Crippen LogP contribution in [0.5, 0.6) is 5.75 Å². The summed E-state index contributed by atoms with van der Waals surface area (Å²) in [5.41, 5.74) is -0.0367. The minimum Gasteiger partial charge on any atom is -0.765 e. The van der Waals surface area contributed by atoms with Crippen molar-refractivity contribution in [3.63, 3.8) is 0 Å². The van der Waals surface area contributed by atoms with Gasteiger partial charge in [0.05, 0.1) is 0 Å². The SMILES string of the molecule is O=C([O-])P(=O)([O-])Oc1ccc2c(c1)CCC2.[Na+].[Na+]. The number of hydrogen-bond acceptors (Lipinski definition) is 5. The van der Waals surface area contributed by atoms with E-state index in [1.165, 1.54) is 6.07 Å². The molecular weight excluding hydrogens is 277 g/mol. The van der Waals surface area contributed by atoms with Crippen LogP contribution in [0.15, 0.2) is 18.2 Å². The first kappa shape index (κ1) is 18.7. The Balaban J connectivity index is 0.00000144. The van der Waals surface area contributed by atoms with Crippen LogP contribution in [-0.4, -0.2) is 5.71 Å². The minimum atomic E-state index is -4.96. The second-order valence-corrected chi connectivity index (χ2v) is 5.18. The Kier molecular flexibility index (Phi) is 7.74. The molecule has 0 aliphatic heterocycles. The Hall–Kier alpha value is 0.680. The maximum atomic E-state index is 10.9. The van der Waals surface area contributed by atoms with Crippen molar-refractivity contribution in [2.75, 3.05) is 0 Å². The monoisotopic (exact) mass is 286 g/mol. The number of rotatable bonds is 3. The first-order valence-corrected chi connectivity index (χ1v) is 6.37. The van der Waals surface area contributed by atoms with Crippen LogP contribution in [0.25, 0.3) is 0 Å². The van der Waals surface area contributed by atoms with Crippen molar-refractivity contribution in [1.29, 1.82) is 0 Å². The molecule has 8 heteroatoms. The van der Waals surface area contributed by atoms with Gasteiger partial charge < -0.3 is 19.3 Å². The Morgan fingerprint density at radius 2 is 1.83 bits per heavy atom. The zero-order chi connectivity index (χ0) is 11.8. The summed E-state index contributed by atoms with van der Waals surface area (Å²) < 4.78 is 15.4. The van der Waals surface area contributed by atoms with Crippen LogP contribution in [0.3, 0.4) is 0 Å². The normalized spacial score (nSPS) is 15.6. The zero-order valence-electron chi connectivity index (χ0n) is 10.3. The molecule has 5 nitrogen and oxygen atoms in total. The van der Waals surface area contributed by atoms with E-state index in [2.05, 4.69) is 4.52 Å². The van der Waals surface area contributed by atoms with Gasteiger partial charge in [0.2, 0.25) is 7.60 Å². The number of benzene rings is 1. The molecule has 0 spiro atoms. The summed E-state index contributed by atoms with van der Waals surface area (Å²) >= 11 is 0. The summed E-state index contributed by atoms with van der Waals surface area (Å²) in [6.07, 6.45) is 2.85. The van der Waals surface area contributed by atoms with E-state index in [0.717, 1.165) is 30.4 Å². The minimum absolute atomic E-state index is 0. The van der Waals surface area contributed by atoms with E-state index in [1.54, 1.807) is 12.1 Å². The van der Waals surface area contributed by atoms with Crippen molar-refractivity contribution in [3.05, 3.63) is 29.3 Å². The molecule has 0 saturated heterocycles. The van der Waals surface area contributed by atoms with Crippen molar-refractivity contribution in [1.82, 2.24) is 0 Å². The van der Waals surface area contributed by atoms with Crippen LogP contribution < -0.4 is 73.6 Å². The Morgan fingerprint density at radius 3 is 2.44 bits per heavy atom. The third-order valence-electron chi connectivity index (χ3n) is 2.52. The number of fused-ring (bicyclic) bond motifs is 1. The molecule has 0 N–H and O–H groups in total. The molecule has 0 fully saturated rings. The van der Waals surface area contributed by atoms with Crippen molar-refractivity contribution < 1.29 is 83.0 Å². The standard InChI is InChI=1S/C10H11O5P.2Na/c11-10(12)16(13,14)15-9-5-4-7-2-1-3-8(7)6-9;;/h4-6H,1-3H2,(H,11,12)(H,13,14);;/q;2*+1/p-2. The van der Waals surface area contributed by atoms with E-state index >= 15 is 0 Å². The molecule has 18 heavy (non-hydrogen) atoms. The first-order valence-electron chi connectivity index (χ1n) is 4.83. The molecule has 1 aromatic rings. The topological polar surface area (TPSA) is 89.5 Å². The van der Waals surface area contributed by atoms with Gasteiger partial charge in [-0.25, -0.2) is 0 Å². The van der Waals surface area contributed by atoms with Crippen molar-refractivity contribution in [3.8, 4) is 5.75 Å². The Morgan fingerprint density at radius 1 is 1.22 bits per heavy atom. The molecule has 1 atom stereocenters. The average Bonchev–Trinajstić information content (AvgIpc) is 2.63. The van der Waals surface area contributed by atoms with Crippen LogP contribution in [-0.2, 0) is 17.4 Å². The van der Waals surface area contributed by atoms with E-state index < -0.39 is 13.3 Å². The number of aryl methyl sites for hydroxylation is 2. The predicted molar refractivity (Wildman–Crippen MR) is 52.1 cm³/mol. The molecule has 0 aromatic heterocycles. The average molecular weight is 286 g/mol. The summed E-state index contributed by atoms with van der Waals surface area (Å²) in [6, 6.07) is 4.78. The largest absolute Gasteiger partial charge is 1.00 e. The van der Waals surface area contributed by atoms with Gasteiger partial charge in [0.25, 0.3) is 0 Å². The van der Waals surface area contributed by atoms with Crippen LogP contribution >= 0.6 is 7.60 Å². The summed E-state index contributed by atoms with van der Waals surface area (Å²) in [4.78, 5) is 21.2. The van der Waals surface area contributed by atoms with Gasteiger partial charge in [-0.3, -0.25) is 4.57 Å². The molecule has 0 bridgehead atoms. The molecule has 86 valence electrons. The number of carboxylic acid groups (broad SMARTS) is 1. The van der Waals surface area contributed by atoms with Gasteiger partial charge in [-0.2, -0.15) is 0 Å². The van der Waals surface area contributed by atoms with E-state index in [9.17, 15) is 19.4 Å². The van der Waals surface area contributed by atoms with E-state index in [4.69, 9.17) is 0 Å². The molecule has 1 aliphatic carbocycles. The Labute approximate surface area is 149 Å². The summed E-state index contributed by atoms with van der Waals surface area (Å²) in [5, 5.41) is 10.2. The van der Waals surface area contributed by atoms with Gasteiger partial charge >= 0.3 is 59.1 Å². The maximum Gasteiger partial charge on any atom is 1.00 e. The summed E-state index contributed by atoms with van der Waals surface area (Å²) in [6.45, 7) is 0. The van der Waals surface area contributed by atoms with Crippen LogP contribution in [0, 0.1) is 0 Å². The third kappa shape index (κ3) is 4.36. The molecule has 0 saturated carbocycles. The molecule has 1 aliphatic rings. The molecule has 1 aromatic carbocycles. The fraction of sp³-hybridized carbons (Fsp3) is 0.300. The fourth-order valence-electron chi connectivity index (χ4n) is 1.78. The molecule has 0 radical (unpaired) electrons. The first-order chi connectivity index (χ1) is 7.49. The van der Waals surface area contributed by atoms with Crippen molar-refractivity contribution >= 4 is 13.3 Å². The van der Waals surface area contributed by atoms with Gasteiger partial charge in [-0.05, 0) is 42.5 Å². The number of carbonyl (C=O) groups is 1. The quantitative estimate of drug-likeness (QED) is 0.408. The van der Waals surface area contributed by atoms with Gasteiger partial charge in [0.15, 0.2) is 0 Å². The number of hydrogen-bond donors (Lipinski definition) is 0. The van der Waals surface area contributed by atoms with Gasteiger partial charge in [0, 0.05) is 0 Å². The van der Waals surface area contributed by atoms with Crippen LogP contribution in [0.1, 0.15) is 17.5 Å².